The van der Waals surface area contributed by atoms with Crippen LogP contribution in [0.3, 0.4) is 0 Å². The zero-order chi connectivity index (χ0) is 75.5. The summed E-state index contributed by atoms with van der Waals surface area (Å²) in [5, 5.41) is 29.9. The van der Waals surface area contributed by atoms with Crippen molar-refractivity contribution >= 4 is 102 Å². The van der Waals surface area contributed by atoms with Gasteiger partial charge in [0.05, 0.1) is 86.1 Å². The van der Waals surface area contributed by atoms with Crippen molar-refractivity contribution in [3.8, 4) is 101 Å². The average Bonchev–Trinajstić information content (AvgIpc) is 1.63. The fraction of sp³-hybridized carbons (Fsp3) is 0.159. The van der Waals surface area contributed by atoms with E-state index in [0.29, 0.717) is 50.0 Å². The number of aromatic amines is 7. The maximum absolute atomic E-state index is 12.5. The van der Waals surface area contributed by atoms with Crippen molar-refractivity contribution in [1.82, 2.24) is 49.9 Å². The zero-order valence-electron chi connectivity index (χ0n) is 60.8. The lowest BCUT2D eigenvalue weighted by Crippen LogP contribution is -1.97. The molecule has 0 aliphatic heterocycles. The molecule has 0 aliphatic rings. The minimum Gasteiger partial charge on any atom is -0.508 e. The van der Waals surface area contributed by atoms with Crippen molar-refractivity contribution in [2.24, 2.45) is 7.05 Å². The minimum atomic E-state index is -0.0746. The van der Waals surface area contributed by atoms with Crippen LogP contribution in [0.1, 0.15) is 120 Å². The fourth-order valence-corrected chi connectivity index (χ4v) is 15.5. The summed E-state index contributed by atoms with van der Waals surface area (Å²) in [6, 6.07) is 56.8. The van der Waals surface area contributed by atoms with Gasteiger partial charge in [-0.25, -0.2) is 0 Å². The maximum Gasteiger partial charge on any atom is 0.176 e. The first kappa shape index (κ1) is 73.4. The lowest BCUT2D eigenvalue weighted by molar-refractivity contribution is 0.100. The third kappa shape index (κ3) is 14.1. The van der Waals surface area contributed by atoms with Gasteiger partial charge in [0, 0.05) is 146 Å². The van der Waals surface area contributed by atoms with E-state index in [-0.39, 0.29) is 28.9 Å². The molecule has 0 aliphatic carbocycles. The Morgan fingerprint density at radius 3 is 1.30 bits per heavy atom. The van der Waals surface area contributed by atoms with Crippen LogP contribution in [0.2, 0.25) is 15.1 Å². The molecular weight excluding hydrogens is 1400 g/mol. The summed E-state index contributed by atoms with van der Waals surface area (Å²) in [5.74, 6) is 0.712. The number of nitrogens with zero attached hydrogens (tertiary/aromatic N) is 3. The molecule has 0 saturated heterocycles. The van der Waals surface area contributed by atoms with Gasteiger partial charge in [-0.05, 0) is 132 Å². The predicted octanol–water partition coefficient (Wildman–Crippen LogP) is 22.9. The molecule has 16 rings (SSSR count). The molecule has 0 bridgehead atoms. The first-order valence-electron chi connectivity index (χ1n) is 35.4. The molecule has 16 nitrogen and oxygen atoms in total. The molecule has 0 radical (unpaired) electrons. The van der Waals surface area contributed by atoms with Gasteiger partial charge in [-0.2, -0.15) is 10.2 Å². The van der Waals surface area contributed by atoms with E-state index in [0.717, 1.165) is 169 Å². The number of hydrogen-bond donors (Lipinski definition) is 8. The summed E-state index contributed by atoms with van der Waals surface area (Å²) in [5.41, 5.74) is 26.0. The van der Waals surface area contributed by atoms with Gasteiger partial charge >= 0.3 is 0 Å². The van der Waals surface area contributed by atoms with E-state index >= 15 is 0 Å². The van der Waals surface area contributed by atoms with Crippen molar-refractivity contribution in [2.75, 3.05) is 7.11 Å². The highest BCUT2D eigenvalue weighted by Gasteiger charge is 2.29. The normalized spacial score (nSPS) is 11.2. The average molecular weight is 1480 g/mol. The number of phenolic OH excluding ortho intramolecular Hbond substituents is 1. The van der Waals surface area contributed by atoms with Gasteiger partial charge in [0.15, 0.2) is 23.1 Å². The van der Waals surface area contributed by atoms with E-state index in [2.05, 4.69) is 131 Å². The third-order valence-electron chi connectivity index (χ3n) is 19.7. The van der Waals surface area contributed by atoms with Crippen molar-refractivity contribution in [3.05, 3.63) is 261 Å². The number of aromatic nitrogens is 10. The topological polar surface area (TPSA) is 239 Å². The second-order valence-corrected chi connectivity index (χ2v) is 27.3. The Hall–Kier alpha value is -12.0. The van der Waals surface area contributed by atoms with Crippen molar-refractivity contribution in [1.29, 1.82) is 0 Å². The highest BCUT2D eigenvalue weighted by molar-refractivity contribution is 6.35. The molecule has 0 atom stereocenters. The number of methoxy groups -OCH3 is 1. The lowest BCUT2D eigenvalue weighted by atomic mass is 9.94. The van der Waals surface area contributed by atoms with Gasteiger partial charge < -0.3 is 39.3 Å². The first-order chi connectivity index (χ1) is 51.8. The standard InChI is InChI=1S/C23H21ClN2O.C22H20ClN3O2.C22H20N2O.C21H18ClN3O2/c1-4-15-21(18-8-5-6-10-19(18)24)22(14(2)27)25-23(15)17-9-7-11-20-16(17)12-13-26(20)3;1-4-14-20(16-9-8-13(28-3)10-18(16)23)21(12(2)27)25-22(14)15-6-5-7-19-17(15)11-24-26-19;1-3-16-20(15-8-5-4-6-9-15)21(14(2)25)24-22(16)18-10-7-11-19-17(18)12-13-23-19;1-3-13-19(15-8-7-12(27)9-17(15)22)20(11(2)26)24-21(13)14-5-4-6-18-16(14)10-23-25-18/h5-13,25H,4H2,1-3H3;5-11,25H,4H2,1-3H3,(H,24,26);4-13,23-24H,3H2,1-2H3;4-10,24,27H,3H2,1-2H3,(H,23,25). The summed E-state index contributed by atoms with van der Waals surface area (Å²) in [6.07, 6.45) is 10.7. The number of ether oxygens (including phenoxy) is 1. The summed E-state index contributed by atoms with van der Waals surface area (Å²) < 4.78 is 7.37. The van der Waals surface area contributed by atoms with Gasteiger partial charge in [-0.3, -0.25) is 29.4 Å². The smallest absolute Gasteiger partial charge is 0.176 e. The SMILES string of the molecule is CCc1c(-c2cccc3[nH]ccc23)[nH]c(C(C)=O)c1-c1ccccc1.CCc1c(-c2cccc3[nH]ncc23)[nH]c(C(C)=O)c1-c1ccc(O)cc1Cl.CCc1c(-c2cccc3[nH]ncc23)[nH]c(C(C)=O)c1-c1ccc(OC)cc1Cl.CCc1c(-c2cccc3c2ccn3C)[nH]c(C(C)=O)c1-c1ccccc1Cl. The summed E-state index contributed by atoms with van der Waals surface area (Å²) >= 11 is 19.5. The number of rotatable bonds is 17. The zero-order valence-corrected chi connectivity index (χ0v) is 63.1. The van der Waals surface area contributed by atoms with Crippen molar-refractivity contribution in [3.63, 3.8) is 0 Å². The number of H-pyrrole nitrogens is 7. The minimum absolute atomic E-state index is 0.00565. The second kappa shape index (κ2) is 31.4. The van der Waals surface area contributed by atoms with Crippen LogP contribution in [-0.2, 0) is 32.7 Å². The van der Waals surface area contributed by atoms with Crippen LogP contribution in [0, 0.1) is 0 Å². The van der Waals surface area contributed by atoms with Crippen LogP contribution in [-0.4, -0.2) is 85.2 Å². The Labute approximate surface area is 633 Å². The number of halogens is 3. The maximum atomic E-state index is 12.5. The summed E-state index contributed by atoms with van der Waals surface area (Å²) in [6.45, 7) is 14.7. The van der Waals surface area contributed by atoms with Crippen LogP contribution in [0.15, 0.2) is 201 Å². The van der Waals surface area contributed by atoms with Gasteiger partial charge in [0.1, 0.15) is 11.5 Å². The van der Waals surface area contributed by atoms with Crippen molar-refractivity contribution in [2.45, 2.75) is 81.1 Å². The lowest BCUT2D eigenvalue weighted by Gasteiger charge is -2.10. The number of nitrogens with one attached hydrogen (secondary N) is 7. The molecule has 8 aromatic heterocycles. The number of fused-ring (bicyclic) bond motifs is 4. The highest BCUT2D eigenvalue weighted by atomic mass is 35.5. The number of ketones is 4. The predicted molar refractivity (Wildman–Crippen MR) is 435 cm³/mol. The Kier molecular flexibility index (Phi) is 21.5. The Morgan fingerprint density at radius 2 is 0.832 bits per heavy atom. The number of aromatic hydroxyl groups is 1. The van der Waals surface area contributed by atoms with Gasteiger partial charge in [0.2, 0.25) is 0 Å². The van der Waals surface area contributed by atoms with Gasteiger partial charge in [0.25, 0.3) is 0 Å². The molecule has 107 heavy (non-hydrogen) atoms. The van der Waals surface area contributed by atoms with Gasteiger partial charge in [-0.15, -0.1) is 0 Å². The molecule has 19 heteroatoms. The summed E-state index contributed by atoms with van der Waals surface area (Å²) in [7, 11) is 3.64. The molecule has 538 valence electrons. The van der Waals surface area contributed by atoms with Crippen LogP contribution >= 0.6 is 34.8 Å². The highest BCUT2D eigenvalue weighted by Crippen LogP contribution is 2.46. The van der Waals surface area contributed by atoms with Crippen LogP contribution in [0.5, 0.6) is 11.5 Å². The number of carbonyl (C=O) groups excluding carboxylic acids is 4. The molecule has 8 heterocycles. The second-order valence-electron chi connectivity index (χ2n) is 26.1. The van der Waals surface area contributed by atoms with E-state index in [9.17, 15) is 24.3 Å². The molecule has 0 unspecified atom stereocenters. The molecular formula is C88H79Cl3N10O6. The van der Waals surface area contributed by atoms with E-state index < -0.39 is 0 Å². The molecule has 0 saturated carbocycles. The fourth-order valence-electron chi connectivity index (χ4n) is 14.8. The van der Waals surface area contributed by atoms with Crippen molar-refractivity contribution < 1.29 is 29.0 Å². The molecule has 8 N–H and O–H groups in total. The largest absolute Gasteiger partial charge is 0.508 e. The summed E-state index contributed by atoms with van der Waals surface area (Å²) in [4.78, 5) is 66.5. The third-order valence-corrected chi connectivity index (χ3v) is 20.6. The van der Waals surface area contributed by atoms with Crippen LogP contribution in [0.4, 0.5) is 0 Å². The first-order valence-corrected chi connectivity index (χ1v) is 36.5. The Balaban J connectivity index is 0.000000126. The number of carbonyl (C=O) groups is 4. The van der Waals surface area contributed by atoms with E-state index in [1.807, 2.05) is 117 Å². The molecule has 8 aromatic carbocycles. The van der Waals surface area contributed by atoms with E-state index in [1.54, 1.807) is 58.5 Å². The van der Waals surface area contributed by atoms with E-state index in [4.69, 9.17) is 39.5 Å². The number of Topliss-reactive ketones (excluding diaryl/α,β-unsaturated/α-hetero) is 4. The molecule has 0 fully saturated rings. The Bertz CT molecular complexity index is 6050. The van der Waals surface area contributed by atoms with Crippen LogP contribution in [0.25, 0.3) is 133 Å². The monoisotopic (exact) mass is 1480 g/mol. The Morgan fingerprint density at radius 1 is 0.421 bits per heavy atom. The molecule has 16 aromatic rings. The van der Waals surface area contributed by atoms with Crippen LogP contribution < -0.4 is 4.74 Å². The van der Waals surface area contributed by atoms with E-state index in [1.165, 1.54) is 18.6 Å². The molecule has 0 amide bonds. The number of hydrogen-bond acceptors (Lipinski definition) is 8. The molecule has 0 spiro atoms. The quantitative estimate of drug-likeness (QED) is 0.0407. The van der Waals surface area contributed by atoms with Gasteiger partial charge in [-0.1, -0.05) is 160 Å². The number of aryl methyl sites for hydroxylation is 1. The number of benzene rings is 8. The number of phenols is 1.